The molecule has 0 fully saturated rings. The van der Waals surface area contributed by atoms with Gasteiger partial charge in [0, 0.05) is 12.7 Å². The number of carbonyl (C=O) groups excluding carboxylic acids is 1. The average Bonchev–Trinajstić information content (AvgIpc) is 2.52. The lowest BCUT2D eigenvalue weighted by Gasteiger charge is -2.35. The zero-order valence-electron chi connectivity index (χ0n) is 17.0. The van der Waals surface area contributed by atoms with Crippen molar-refractivity contribution < 1.29 is 14.0 Å². The van der Waals surface area contributed by atoms with E-state index in [1.165, 1.54) is 0 Å². The molecule has 1 atom stereocenters. The molecule has 0 N–H and O–H groups in total. The number of hydrogen-bond acceptors (Lipinski definition) is 4. The Morgan fingerprint density at radius 3 is 2.56 bits per heavy atom. The van der Waals surface area contributed by atoms with E-state index in [1.54, 1.807) is 0 Å². The van der Waals surface area contributed by atoms with Crippen LogP contribution in [0.4, 0.5) is 0 Å². The third-order valence-corrected chi connectivity index (χ3v) is 9.35. The molecule has 0 radical (unpaired) electrons. The van der Waals surface area contributed by atoms with Gasteiger partial charge < -0.3 is 14.1 Å². The first kappa shape index (κ1) is 21.7. The van der Waals surface area contributed by atoms with Crippen molar-refractivity contribution in [2.45, 2.75) is 65.2 Å². The molecule has 142 valence electrons. The fourth-order valence-electron chi connectivity index (χ4n) is 2.28. The lowest BCUT2D eigenvalue weighted by molar-refractivity contribution is -0.138. The monoisotopic (exact) mass is 365 g/mol. The Kier molecular flexibility index (Phi) is 8.15. The van der Waals surface area contributed by atoms with Crippen molar-refractivity contribution in [1.29, 1.82) is 0 Å². The van der Waals surface area contributed by atoms with Gasteiger partial charge in [0.15, 0.2) is 8.32 Å². The molecular formula is C20H35NO3Si. The van der Waals surface area contributed by atoms with Crippen LogP contribution in [0.25, 0.3) is 0 Å². The lowest BCUT2D eigenvalue weighted by Crippen LogP contribution is -2.40. The highest BCUT2D eigenvalue weighted by Gasteiger charge is 2.36. The molecule has 0 saturated heterocycles. The van der Waals surface area contributed by atoms with Crippen LogP contribution in [-0.2, 0) is 14.0 Å². The maximum atomic E-state index is 12.0. The van der Waals surface area contributed by atoms with Crippen molar-refractivity contribution in [3.63, 3.8) is 0 Å². The van der Waals surface area contributed by atoms with E-state index in [-0.39, 0.29) is 17.0 Å². The van der Waals surface area contributed by atoms with Crippen molar-refractivity contribution in [1.82, 2.24) is 4.90 Å². The molecular weight excluding hydrogens is 330 g/mol. The van der Waals surface area contributed by atoms with Gasteiger partial charge in [-0.3, -0.25) is 0 Å². The van der Waals surface area contributed by atoms with Gasteiger partial charge in [-0.15, -0.1) is 0 Å². The van der Waals surface area contributed by atoms with E-state index in [0.717, 1.165) is 13.0 Å². The standard InChI is InChI=1S/C20H35NO3Si/c1-8-13-21-14-12-17(19(22)23-9-2)16-18(21)11-10-15-24-25(6,7)20(3,4)5/h10-12,14,16,18H,8-9,13,15H2,1-7H3/b11-10+. The fourth-order valence-corrected chi connectivity index (χ4v) is 3.22. The minimum Gasteiger partial charge on any atom is -0.462 e. The zero-order chi connectivity index (χ0) is 19.1. The highest BCUT2D eigenvalue weighted by molar-refractivity contribution is 6.74. The lowest BCUT2D eigenvalue weighted by atomic mass is 10.1. The summed E-state index contributed by atoms with van der Waals surface area (Å²) in [7, 11) is -1.73. The van der Waals surface area contributed by atoms with Crippen LogP contribution in [0.1, 0.15) is 41.0 Å². The van der Waals surface area contributed by atoms with E-state index in [0.29, 0.717) is 18.8 Å². The summed E-state index contributed by atoms with van der Waals surface area (Å²) in [6, 6.07) is 0.0624. The Hall–Kier alpha value is -1.33. The second-order valence-corrected chi connectivity index (χ2v) is 12.7. The third-order valence-electron chi connectivity index (χ3n) is 4.85. The fraction of sp³-hybridized carbons (Fsp3) is 0.650. The van der Waals surface area contributed by atoms with Gasteiger partial charge in [0.1, 0.15) is 0 Å². The summed E-state index contributed by atoms with van der Waals surface area (Å²) >= 11 is 0. The molecule has 4 nitrogen and oxygen atoms in total. The topological polar surface area (TPSA) is 38.8 Å². The number of esters is 1. The minimum absolute atomic E-state index is 0.0624. The number of rotatable bonds is 8. The quantitative estimate of drug-likeness (QED) is 0.356. The summed E-state index contributed by atoms with van der Waals surface area (Å²) in [5, 5.41) is 0.208. The molecule has 1 aliphatic rings. The van der Waals surface area contributed by atoms with E-state index in [9.17, 15) is 4.79 Å². The SMILES string of the molecule is CCCN1C=CC(C(=O)OCC)=CC1/C=C/CO[Si](C)(C)C(C)(C)C. The van der Waals surface area contributed by atoms with Gasteiger partial charge in [-0.25, -0.2) is 4.79 Å². The van der Waals surface area contributed by atoms with Gasteiger partial charge in [-0.2, -0.15) is 0 Å². The van der Waals surface area contributed by atoms with Crippen LogP contribution in [0.5, 0.6) is 0 Å². The van der Waals surface area contributed by atoms with Gasteiger partial charge in [0.2, 0.25) is 0 Å². The van der Waals surface area contributed by atoms with E-state index in [1.807, 2.05) is 25.3 Å². The van der Waals surface area contributed by atoms with Crippen molar-refractivity contribution in [3.05, 3.63) is 36.1 Å². The molecule has 0 aromatic carbocycles. The van der Waals surface area contributed by atoms with E-state index < -0.39 is 8.32 Å². The zero-order valence-corrected chi connectivity index (χ0v) is 18.0. The molecule has 5 heteroatoms. The van der Waals surface area contributed by atoms with Crippen LogP contribution < -0.4 is 0 Å². The Morgan fingerprint density at radius 2 is 2.00 bits per heavy atom. The molecule has 1 aliphatic heterocycles. The van der Waals surface area contributed by atoms with Crippen molar-refractivity contribution in [2.75, 3.05) is 19.8 Å². The first-order valence-corrected chi connectivity index (χ1v) is 12.2. The van der Waals surface area contributed by atoms with Crippen LogP contribution in [0.15, 0.2) is 36.1 Å². The van der Waals surface area contributed by atoms with Gasteiger partial charge in [-0.05, 0) is 43.6 Å². The van der Waals surface area contributed by atoms with E-state index in [2.05, 4.69) is 57.8 Å². The van der Waals surface area contributed by atoms with Gasteiger partial charge >= 0.3 is 5.97 Å². The molecule has 0 aromatic heterocycles. The summed E-state index contributed by atoms with van der Waals surface area (Å²) in [4.78, 5) is 14.2. The molecule has 0 spiro atoms. The molecule has 25 heavy (non-hydrogen) atoms. The average molecular weight is 366 g/mol. The van der Waals surface area contributed by atoms with Crippen molar-refractivity contribution in [3.8, 4) is 0 Å². The Labute approximate surface area is 154 Å². The second kappa shape index (κ2) is 9.39. The molecule has 1 heterocycles. The van der Waals surface area contributed by atoms with Crippen LogP contribution in [0.2, 0.25) is 18.1 Å². The Balaban J connectivity index is 2.76. The number of carbonyl (C=O) groups is 1. The van der Waals surface area contributed by atoms with Crippen molar-refractivity contribution in [2.24, 2.45) is 0 Å². The van der Waals surface area contributed by atoms with E-state index in [4.69, 9.17) is 9.16 Å². The van der Waals surface area contributed by atoms with Gasteiger partial charge in [0.25, 0.3) is 0 Å². The Bertz CT molecular complexity index is 530. The van der Waals surface area contributed by atoms with E-state index >= 15 is 0 Å². The highest BCUT2D eigenvalue weighted by Crippen LogP contribution is 2.36. The summed E-state index contributed by atoms with van der Waals surface area (Å²) in [6.07, 6.45) is 11.0. The molecule has 1 unspecified atom stereocenters. The highest BCUT2D eigenvalue weighted by atomic mass is 28.4. The number of nitrogens with zero attached hydrogens (tertiary/aromatic N) is 1. The van der Waals surface area contributed by atoms with Gasteiger partial charge in [-0.1, -0.05) is 39.8 Å². The third kappa shape index (κ3) is 6.48. The van der Waals surface area contributed by atoms with Crippen LogP contribution >= 0.6 is 0 Å². The minimum atomic E-state index is -1.73. The van der Waals surface area contributed by atoms with Crippen LogP contribution in [0, 0.1) is 0 Å². The molecule has 0 bridgehead atoms. The normalized spacial score (nSPS) is 18.6. The summed E-state index contributed by atoms with van der Waals surface area (Å²) in [6.45, 7) is 17.2. The predicted molar refractivity (Wildman–Crippen MR) is 107 cm³/mol. The molecule has 0 aromatic rings. The predicted octanol–water partition coefficient (Wildman–Crippen LogP) is 4.66. The van der Waals surface area contributed by atoms with Crippen molar-refractivity contribution >= 4 is 14.3 Å². The Morgan fingerprint density at radius 1 is 1.32 bits per heavy atom. The molecule has 0 amide bonds. The molecule has 0 aliphatic carbocycles. The molecule has 1 rings (SSSR count). The first-order valence-electron chi connectivity index (χ1n) is 9.26. The smallest absolute Gasteiger partial charge is 0.337 e. The molecule has 0 saturated carbocycles. The maximum Gasteiger partial charge on any atom is 0.337 e. The second-order valence-electron chi connectivity index (χ2n) is 7.89. The number of hydrogen-bond donors (Lipinski definition) is 0. The summed E-state index contributed by atoms with van der Waals surface area (Å²) < 4.78 is 11.3. The maximum absolute atomic E-state index is 12.0. The first-order chi connectivity index (χ1) is 11.6. The van der Waals surface area contributed by atoms with Crippen LogP contribution in [0.3, 0.4) is 0 Å². The van der Waals surface area contributed by atoms with Gasteiger partial charge in [0.05, 0.1) is 24.8 Å². The summed E-state index contributed by atoms with van der Waals surface area (Å²) in [5.74, 6) is -0.258. The number of ether oxygens (including phenoxy) is 1. The van der Waals surface area contributed by atoms with Crippen LogP contribution in [-0.4, -0.2) is 45.0 Å². The summed E-state index contributed by atoms with van der Waals surface area (Å²) in [5.41, 5.74) is 0.620. The largest absolute Gasteiger partial charge is 0.462 e.